The third-order valence-electron chi connectivity index (χ3n) is 7.92. The largest absolute Gasteiger partial charge is 0.330 e. The molecule has 1 aliphatic carbocycles. The molecule has 2 aromatic carbocycles. The maximum absolute atomic E-state index is 14.5. The average Bonchev–Trinajstić information content (AvgIpc) is 3.67. The number of hydrogen-bond donors (Lipinski definition) is 0. The molecule has 8 heteroatoms. The summed E-state index contributed by atoms with van der Waals surface area (Å²) in [6.45, 7) is 8.44. The summed E-state index contributed by atoms with van der Waals surface area (Å²) in [6, 6.07) is 15.0. The van der Waals surface area contributed by atoms with E-state index in [-0.39, 0.29) is 36.4 Å². The van der Waals surface area contributed by atoms with E-state index in [1.165, 1.54) is 10.6 Å². The van der Waals surface area contributed by atoms with E-state index in [0.717, 1.165) is 24.0 Å². The maximum atomic E-state index is 14.5. The first-order valence-electron chi connectivity index (χ1n) is 12.9. The van der Waals surface area contributed by atoms with Crippen LogP contribution in [0.3, 0.4) is 0 Å². The Balaban J connectivity index is 1.91. The van der Waals surface area contributed by atoms with Gasteiger partial charge in [0.05, 0.1) is 17.7 Å². The van der Waals surface area contributed by atoms with Gasteiger partial charge in [-0.05, 0) is 67.0 Å². The predicted molar refractivity (Wildman–Crippen MR) is 151 cm³/mol. The lowest BCUT2D eigenvalue weighted by molar-refractivity contribution is -0.155. The highest BCUT2D eigenvalue weighted by atomic mass is 35.5. The van der Waals surface area contributed by atoms with Crippen molar-refractivity contribution in [2.24, 2.45) is 11.3 Å². The highest BCUT2D eigenvalue weighted by molar-refractivity contribution is 7.88. The number of piperidine rings is 1. The smallest absolute Gasteiger partial charge is 0.229 e. The minimum Gasteiger partial charge on any atom is -0.330 e. The van der Waals surface area contributed by atoms with Crippen LogP contribution in [0.4, 0.5) is 0 Å². The second-order valence-corrected chi connectivity index (χ2v) is 13.6. The normalized spacial score (nSPS) is 25.4. The number of allylic oxidation sites excluding steroid dienone is 1. The van der Waals surface area contributed by atoms with E-state index in [1.54, 1.807) is 0 Å². The van der Waals surface area contributed by atoms with Gasteiger partial charge in [0, 0.05) is 35.1 Å². The van der Waals surface area contributed by atoms with Gasteiger partial charge >= 0.3 is 0 Å². The third kappa shape index (κ3) is 6.08. The van der Waals surface area contributed by atoms with Gasteiger partial charge in [0.2, 0.25) is 15.9 Å². The van der Waals surface area contributed by atoms with Gasteiger partial charge in [-0.1, -0.05) is 67.4 Å². The van der Waals surface area contributed by atoms with E-state index in [9.17, 15) is 13.2 Å². The van der Waals surface area contributed by atoms with Crippen LogP contribution in [-0.2, 0) is 14.8 Å². The summed E-state index contributed by atoms with van der Waals surface area (Å²) in [5.74, 6) is 0.254. The fourth-order valence-corrected chi connectivity index (χ4v) is 7.12. The molecule has 4 atom stereocenters. The van der Waals surface area contributed by atoms with Gasteiger partial charge in [-0.25, -0.2) is 12.7 Å². The summed E-state index contributed by atoms with van der Waals surface area (Å²) in [5.41, 5.74) is 1.37. The molecule has 2 aromatic rings. The van der Waals surface area contributed by atoms with Crippen molar-refractivity contribution in [2.75, 3.05) is 19.3 Å². The molecule has 200 valence electrons. The van der Waals surface area contributed by atoms with Crippen LogP contribution in [-0.4, -0.2) is 48.9 Å². The van der Waals surface area contributed by atoms with Crippen LogP contribution in [0.5, 0.6) is 0 Å². The number of carbonyl (C=O) groups is 1. The monoisotopic (exact) mass is 562 g/mol. The number of likely N-dealkylation sites (N-methyl/N-ethyl adjacent to an activating group) is 1. The molecule has 0 aromatic heterocycles. The van der Waals surface area contributed by atoms with Gasteiger partial charge < -0.3 is 4.90 Å². The number of hydrogen-bond acceptors (Lipinski definition) is 3. The Kier molecular flexibility index (Phi) is 8.44. The van der Waals surface area contributed by atoms with E-state index in [0.29, 0.717) is 29.4 Å². The van der Waals surface area contributed by atoms with Crippen molar-refractivity contribution < 1.29 is 13.2 Å². The average molecular weight is 564 g/mol. The van der Waals surface area contributed by atoms with E-state index in [2.05, 4.69) is 12.6 Å². The molecule has 2 aliphatic rings. The van der Waals surface area contributed by atoms with Crippen molar-refractivity contribution in [3.05, 3.63) is 82.4 Å². The zero-order valence-corrected chi connectivity index (χ0v) is 24.1. The molecule has 0 radical (unpaired) electrons. The molecule has 1 heterocycles. The summed E-state index contributed by atoms with van der Waals surface area (Å²) >= 11 is 12.7. The maximum Gasteiger partial charge on any atom is 0.229 e. The fourth-order valence-electron chi connectivity index (χ4n) is 5.91. The molecule has 1 unspecified atom stereocenters. The highest BCUT2D eigenvalue weighted by Gasteiger charge is 2.53. The van der Waals surface area contributed by atoms with Crippen molar-refractivity contribution >= 4 is 39.1 Å². The highest BCUT2D eigenvalue weighted by Crippen LogP contribution is 2.54. The summed E-state index contributed by atoms with van der Waals surface area (Å²) < 4.78 is 26.8. The Labute approximate surface area is 231 Å². The topological polar surface area (TPSA) is 57.7 Å². The van der Waals surface area contributed by atoms with Crippen molar-refractivity contribution in [2.45, 2.75) is 57.5 Å². The number of sulfonamides is 1. The first-order chi connectivity index (χ1) is 17.5. The predicted octanol–water partition coefficient (Wildman–Crippen LogP) is 6.69. The van der Waals surface area contributed by atoms with Crippen molar-refractivity contribution in [1.29, 1.82) is 0 Å². The van der Waals surface area contributed by atoms with Crippen LogP contribution in [0.25, 0.3) is 0 Å². The quantitative estimate of drug-likeness (QED) is 0.303. The van der Waals surface area contributed by atoms with Crippen LogP contribution in [0, 0.1) is 11.3 Å². The number of nitrogens with zero attached hydrogens (tertiary/aromatic N) is 2. The zero-order valence-electron chi connectivity index (χ0n) is 21.7. The Morgan fingerprint density at radius 2 is 1.81 bits per heavy atom. The summed E-state index contributed by atoms with van der Waals surface area (Å²) in [5, 5.41) is 1.27. The molecular weight excluding hydrogens is 527 g/mol. The van der Waals surface area contributed by atoms with Crippen LogP contribution >= 0.6 is 23.2 Å². The molecule has 1 saturated heterocycles. The van der Waals surface area contributed by atoms with Gasteiger partial charge in [-0.2, -0.15) is 0 Å². The van der Waals surface area contributed by atoms with Crippen molar-refractivity contribution in [1.82, 2.24) is 9.21 Å². The van der Waals surface area contributed by atoms with E-state index in [4.69, 9.17) is 23.2 Å². The molecule has 1 amide bonds. The third-order valence-corrected chi connectivity index (χ3v) is 9.75. The molecule has 37 heavy (non-hydrogen) atoms. The first-order valence-corrected chi connectivity index (χ1v) is 15.5. The van der Waals surface area contributed by atoms with Crippen molar-refractivity contribution in [3.63, 3.8) is 0 Å². The van der Waals surface area contributed by atoms with Crippen LogP contribution in [0.2, 0.25) is 10.0 Å². The molecule has 4 rings (SSSR count). The summed E-state index contributed by atoms with van der Waals surface area (Å²) in [7, 11) is -3.43. The number of halogens is 2. The molecule has 2 fully saturated rings. The molecule has 0 N–H and O–H groups in total. The summed E-state index contributed by atoms with van der Waals surface area (Å²) in [6.07, 6.45) is 6.17. The van der Waals surface area contributed by atoms with Crippen LogP contribution in [0.15, 0.2) is 61.2 Å². The molecule has 0 bridgehead atoms. The molecule has 1 aliphatic heterocycles. The zero-order chi connectivity index (χ0) is 27.0. The van der Waals surface area contributed by atoms with Crippen molar-refractivity contribution in [3.8, 4) is 0 Å². The van der Waals surface area contributed by atoms with Gasteiger partial charge in [-0.15, -0.1) is 6.58 Å². The lowest BCUT2D eigenvalue weighted by Crippen LogP contribution is -2.58. The summed E-state index contributed by atoms with van der Waals surface area (Å²) in [4.78, 5) is 16.5. The SMILES string of the molecule is C=CC[C@@]1(C)CC(c2cccc(Cl)c2)[C@@H](c2ccc(Cl)cc2)N([C@H](CN(CC)S(C)(=O)=O)C2CC2)C1=O. The number of likely N-dealkylation sites (tertiary alicyclic amines) is 1. The Hall–Kier alpha value is -1.86. The Morgan fingerprint density at radius 3 is 2.35 bits per heavy atom. The second-order valence-electron chi connectivity index (χ2n) is 10.7. The van der Waals surface area contributed by atoms with E-state index < -0.39 is 15.4 Å². The second kappa shape index (κ2) is 11.1. The fraction of sp³-hybridized carbons (Fsp3) is 0.483. The lowest BCUT2D eigenvalue weighted by atomic mass is 9.67. The van der Waals surface area contributed by atoms with Gasteiger partial charge in [0.1, 0.15) is 0 Å². The van der Waals surface area contributed by atoms with Gasteiger partial charge in [-0.3, -0.25) is 4.79 Å². The Morgan fingerprint density at radius 1 is 1.14 bits per heavy atom. The number of amides is 1. The van der Waals surface area contributed by atoms with Crippen LogP contribution in [0.1, 0.15) is 62.6 Å². The molecule has 0 spiro atoms. The lowest BCUT2D eigenvalue weighted by Gasteiger charge is -2.52. The molecule has 5 nitrogen and oxygen atoms in total. The molecular formula is C29H36Cl2N2O3S. The van der Waals surface area contributed by atoms with Gasteiger partial charge in [0.25, 0.3) is 0 Å². The number of carbonyl (C=O) groups excluding carboxylic acids is 1. The minimum atomic E-state index is -3.43. The standard InChI is InChI=1S/C29H36Cl2N2O3S/c1-5-16-29(3)18-25(22-8-7-9-24(31)17-22)27(21-12-14-23(30)15-13-21)33(28(29)34)26(20-10-11-20)19-32(6-2)37(4,35)36/h5,7-9,12-15,17,20,25-27H,1,6,10-11,16,18-19H2,2-4H3/t25?,26-,27-,29+/m1/s1. The minimum absolute atomic E-state index is 0.0444. The van der Waals surface area contributed by atoms with E-state index >= 15 is 0 Å². The number of rotatable bonds is 10. The Bertz CT molecular complexity index is 1250. The number of benzene rings is 2. The van der Waals surface area contributed by atoms with Crippen LogP contribution < -0.4 is 0 Å². The van der Waals surface area contributed by atoms with Gasteiger partial charge in [0.15, 0.2) is 0 Å². The van der Waals surface area contributed by atoms with E-state index in [1.807, 2.05) is 67.3 Å². The molecule has 1 saturated carbocycles. The first kappa shape index (κ1) is 28.2.